The molecule has 2 aromatic rings. The molecule has 0 spiro atoms. The smallest absolute Gasteiger partial charge is 0.138 e. The van der Waals surface area contributed by atoms with Crippen LogP contribution >= 0.6 is 0 Å². The van der Waals surface area contributed by atoms with Gasteiger partial charge in [-0.15, -0.1) is 4.91 Å². The maximum absolute atomic E-state index is 11.2. The molecule has 2 aromatic carbocycles. The number of nitrogens with one attached hydrogen (secondary N) is 1. The molecule has 0 heterocycles. The van der Waals surface area contributed by atoms with Crippen LogP contribution in [0.25, 0.3) is 10.8 Å². The summed E-state index contributed by atoms with van der Waals surface area (Å²) < 4.78 is 0. The van der Waals surface area contributed by atoms with Crippen LogP contribution in [0.5, 0.6) is 0 Å². The Morgan fingerprint density at radius 1 is 1.00 bits per heavy atom. The van der Waals surface area contributed by atoms with E-state index in [9.17, 15) is 4.91 Å². The van der Waals surface area contributed by atoms with Gasteiger partial charge in [0.15, 0.2) is 0 Å². The van der Waals surface area contributed by atoms with Crippen molar-refractivity contribution in [3.8, 4) is 0 Å². The monoisotopic (exact) mass is 254 g/mol. The molecule has 0 amide bonds. The van der Waals surface area contributed by atoms with Crippen molar-refractivity contribution in [2.24, 2.45) is 5.18 Å². The predicted octanol–water partition coefficient (Wildman–Crippen LogP) is 4.98. The lowest BCUT2D eigenvalue weighted by Crippen LogP contribution is -2.22. The highest BCUT2D eigenvalue weighted by atomic mass is 16.3. The summed E-state index contributed by atoms with van der Waals surface area (Å²) in [6, 6.07) is 12.4. The lowest BCUT2D eigenvalue weighted by molar-refractivity contribution is 0.463. The fourth-order valence-electron chi connectivity index (χ4n) is 2.94. The molecule has 0 aliphatic heterocycles. The highest BCUT2D eigenvalue weighted by molar-refractivity contribution is 5.98. The molecule has 1 aliphatic carbocycles. The van der Waals surface area contributed by atoms with Crippen LogP contribution in [0.15, 0.2) is 41.6 Å². The molecular formula is C16H18N2O. The Labute approximate surface area is 113 Å². The number of anilines is 1. The summed E-state index contributed by atoms with van der Waals surface area (Å²) in [5.74, 6) is 0. The van der Waals surface area contributed by atoms with Gasteiger partial charge in [-0.2, -0.15) is 0 Å². The van der Waals surface area contributed by atoms with E-state index in [1.54, 1.807) is 0 Å². The highest BCUT2D eigenvalue weighted by Gasteiger charge is 2.16. The summed E-state index contributed by atoms with van der Waals surface area (Å²) in [5.41, 5.74) is 1.42. The minimum Gasteiger partial charge on any atom is -0.380 e. The summed E-state index contributed by atoms with van der Waals surface area (Å²) in [5, 5.41) is 8.74. The first-order valence-electron chi connectivity index (χ1n) is 7.00. The number of hydrogen-bond acceptors (Lipinski definition) is 3. The van der Waals surface area contributed by atoms with E-state index in [1.807, 2.05) is 30.3 Å². The summed E-state index contributed by atoms with van der Waals surface area (Å²) in [7, 11) is 0. The van der Waals surface area contributed by atoms with E-state index in [-0.39, 0.29) is 0 Å². The number of nitroso groups, excluding NO2 is 1. The summed E-state index contributed by atoms with van der Waals surface area (Å²) in [6.07, 6.45) is 6.25. The van der Waals surface area contributed by atoms with Gasteiger partial charge in [0.25, 0.3) is 0 Å². The second kappa shape index (κ2) is 5.39. The van der Waals surface area contributed by atoms with Crippen LogP contribution in [-0.2, 0) is 0 Å². The van der Waals surface area contributed by atoms with Gasteiger partial charge in [-0.3, -0.25) is 0 Å². The van der Waals surface area contributed by atoms with Gasteiger partial charge in [0, 0.05) is 11.4 Å². The van der Waals surface area contributed by atoms with Crippen molar-refractivity contribution in [3.63, 3.8) is 0 Å². The van der Waals surface area contributed by atoms with Gasteiger partial charge in [0.1, 0.15) is 5.69 Å². The van der Waals surface area contributed by atoms with Crippen LogP contribution in [0.3, 0.4) is 0 Å². The standard InChI is InChI=1S/C16H18N2O/c19-18-16-14-9-5-4-6-12(14)10-11-15(16)17-13-7-2-1-3-8-13/h4-6,9-11,13,17H,1-3,7-8H2. The molecule has 1 N–H and O–H groups in total. The van der Waals surface area contributed by atoms with Crippen molar-refractivity contribution in [2.45, 2.75) is 38.1 Å². The van der Waals surface area contributed by atoms with E-state index in [1.165, 1.54) is 32.1 Å². The quantitative estimate of drug-likeness (QED) is 0.784. The van der Waals surface area contributed by atoms with Crippen LogP contribution in [0.1, 0.15) is 32.1 Å². The Kier molecular flexibility index (Phi) is 3.45. The zero-order valence-corrected chi connectivity index (χ0v) is 10.9. The van der Waals surface area contributed by atoms with Crippen LogP contribution in [-0.4, -0.2) is 6.04 Å². The molecule has 1 fully saturated rings. The van der Waals surface area contributed by atoms with Gasteiger partial charge >= 0.3 is 0 Å². The molecule has 0 saturated heterocycles. The molecule has 0 aromatic heterocycles. The molecule has 0 radical (unpaired) electrons. The second-order valence-electron chi connectivity index (χ2n) is 5.25. The number of benzene rings is 2. The lowest BCUT2D eigenvalue weighted by atomic mass is 9.95. The third-order valence-corrected chi connectivity index (χ3v) is 3.96. The Hall–Kier alpha value is -1.90. The zero-order valence-electron chi connectivity index (χ0n) is 10.9. The zero-order chi connectivity index (χ0) is 13.1. The van der Waals surface area contributed by atoms with Crippen molar-refractivity contribution in [1.82, 2.24) is 0 Å². The SMILES string of the molecule is O=Nc1c(NC2CCCCC2)ccc2ccccc12. The first-order valence-corrected chi connectivity index (χ1v) is 7.00. The summed E-state index contributed by atoms with van der Waals surface area (Å²) >= 11 is 0. The largest absolute Gasteiger partial charge is 0.380 e. The van der Waals surface area contributed by atoms with Crippen molar-refractivity contribution >= 4 is 22.1 Å². The molecule has 3 heteroatoms. The van der Waals surface area contributed by atoms with E-state index >= 15 is 0 Å². The Morgan fingerprint density at radius 2 is 1.79 bits per heavy atom. The van der Waals surface area contributed by atoms with Gasteiger partial charge in [-0.1, -0.05) is 49.6 Å². The Bertz CT molecular complexity index is 588. The Balaban J connectivity index is 1.96. The maximum atomic E-state index is 11.2. The lowest BCUT2D eigenvalue weighted by Gasteiger charge is -2.24. The van der Waals surface area contributed by atoms with Crippen molar-refractivity contribution in [3.05, 3.63) is 41.3 Å². The van der Waals surface area contributed by atoms with E-state index in [2.05, 4.69) is 16.6 Å². The molecule has 19 heavy (non-hydrogen) atoms. The van der Waals surface area contributed by atoms with E-state index in [4.69, 9.17) is 0 Å². The number of rotatable bonds is 3. The van der Waals surface area contributed by atoms with Gasteiger partial charge < -0.3 is 5.32 Å². The summed E-state index contributed by atoms with van der Waals surface area (Å²) in [4.78, 5) is 11.2. The molecule has 1 saturated carbocycles. The van der Waals surface area contributed by atoms with E-state index in [0.717, 1.165) is 16.5 Å². The topological polar surface area (TPSA) is 41.5 Å². The minimum absolute atomic E-state index is 0.482. The first-order chi connectivity index (χ1) is 9.38. The predicted molar refractivity (Wildman–Crippen MR) is 79.9 cm³/mol. The van der Waals surface area contributed by atoms with Gasteiger partial charge in [-0.25, -0.2) is 0 Å². The van der Waals surface area contributed by atoms with Gasteiger partial charge in [0.2, 0.25) is 0 Å². The molecule has 0 atom stereocenters. The van der Waals surface area contributed by atoms with Crippen LogP contribution < -0.4 is 5.32 Å². The van der Waals surface area contributed by atoms with Crippen LogP contribution in [0.4, 0.5) is 11.4 Å². The van der Waals surface area contributed by atoms with E-state index < -0.39 is 0 Å². The van der Waals surface area contributed by atoms with Gasteiger partial charge in [-0.05, 0) is 29.5 Å². The van der Waals surface area contributed by atoms with Gasteiger partial charge in [0.05, 0.1) is 5.69 Å². The molecule has 0 bridgehead atoms. The van der Waals surface area contributed by atoms with Crippen molar-refractivity contribution < 1.29 is 0 Å². The van der Waals surface area contributed by atoms with Crippen molar-refractivity contribution in [2.75, 3.05) is 5.32 Å². The van der Waals surface area contributed by atoms with Crippen molar-refractivity contribution in [1.29, 1.82) is 0 Å². The fraction of sp³-hybridized carbons (Fsp3) is 0.375. The third-order valence-electron chi connectivity index (χ3n) is 3.96. The fourth-order valence-corrected chi connectivity index (χ4v) is 2.94. The average molecular weight is 254 g/mol. The normalized spacial score (nSPS) is 16.4. The number of nitrogens with zero attached hydrogens (tertiary/aromatic N) is 1. The number of hydrogen-bond donors (Lipinski definition) is 1. The third kappa shape index (κ3) is 2.46. The Morgan fingerprint density at radius 3 is 2.58 bits per heavy atom. The molecule has 1 aliphatic rings. The molecule has 98 valence electrons. The molecule has 3 rings (SSSR count). The van der Waals surface area contributed by atoms with Crippen LogP contribution in [0.2, 0.25) is 0 Å². The van der Waals surface area contributed by atoms with E-state index in [0.29, 0.717) is 11.7 Å². The minimum atomic E-state index is 0.482. The van der Waals surface area contributed by atoms with Crippen LogP contribution in [0, 0.1) is 4.91 Å². The number of fused-ring (bicyclic) bond motifs is 1. The average Bonchev–Trinajstić information content (AvgIpc) is 2.48. The molecule has 3 nitrogen and oxygen atoms in total. The second-order valence-corrected chi connectivity index (χ2v) is 5.25. The first kappa shape index (κ1) is 12.2. The highest BCUT2D eigenvalue weighted by Crippen LogP contribution is 2.35. The molecule has 0 unspecified atom stereocenters. The maximum Gasteiger partial charge on any atom is 0.138 e. The molecular weight excluding hydrogens is 236 g/mol. The summed E-state index contributed by atoms with van der Waals surface area (Å²) in [6.45, 7) is 0.